The minimum Gasteiger partial charge on any atom is -0.481 e. The summed E-state index contributed by atoms with van der Waals surface area (Å²) in [5, 5.41) is 0. The van der Waals surface area contributed by atoms with Gasteiger partial charge in [0.15, 0.2) is 0 Å². The van der Waals surface area contributed by atoms with Crippen molar-refractivity contribution in [2.75, 3.05) is 25.1 Å². The Kier molecular flexibility index (Phi) is 6.05. The predicted octanol–water partition coefficient (Wildman–Crippen LogP) is 2.36. The fraction of sp³-hybridized carbons (Fsp3) is 0.733. The summed E-state index contributed by atoms with van der Waals surface area (Å²) in [6.07, 6.45) is 10.5. The minimum atomic E-state index is 0.538. The molecule has 5 nitrogen and oxygen atoms in total. The van der Waals surface area contributed by atoms with Crippen molar-refractivity contribution in [2.24, 2.45) is 5.73 Å². The number of rotatable bonds is 6. The number of ether oxygens (including phenoxy) is 1. The Bertz CT molecular complexity index is 391. The summed E-state index contributed by atoms with van der Waals surface area (Å²) in [5.74, 6) is 1.41. The van der Waals surface area contributed by atoms with E-state index in [4.69, 9.17) is 10.5 Å². The van der Waals surface area contributed by atoms with Crippen LogP contribution in [0.1, 0.15) is 44.9 Å². The monoisotopic (exact) mass is 278 g/mol. The summed E-state index contributed by atoms with van der Waals surface area (Å²) in [7, 11) is 1.64. The van der Waals surface area contributed by atoms with Gasteiger partial charge in [0, 0.05) is 24.8 Å². The third kappa shape index (κ3) is 4.07. The van der Waals surface area contributed by atoms with Gasteiger partial charge in [-0.05, 0) is 25.8 Å². The van der Waals surface area contributed by atoms with Crippen LogP contribution in [0.5, 0.6) is 5.88 Å². The van der Waals surface area contributed by atoms with Crippen molar-refractivity contribution in [3.8, 4) is 5.88 Å². The van der Waals surface area contributed by atoms with Crippen molar-refractivity contribution in [1.82, 2.24) is 9.97 Å². The number of methoxy groups -OCH3 is 1. The standard InChI is InChI=1S/C15H26N4O/c1-20-14-9-11-17-15(18-14)19(12-6-10-16)13-7-4-2-3-5-8-13/h9,11,13H,2-8,10,12,16H2,1H3. The van der Waals surface area contributed by atoms with Gasteiger partial charge in [-0.1, -0.05) is 25.7 Å². The van der Waals surface area contributed by atoms with Crippen LogP contribution in [0.15, 0.2) is 12.3 Å². The Hall–Kier alpha value is -1.36. The van der Waals surface area contributed by atoms with Crippen molar-refractivity contribution < 1.29 is 4.74 Å². The molecule has 1 aromatic rings. The second-order valence-corrected chi connectivity index (χ2v) is 5.38. The van der Waals surface area contributed by atoms with Crippen LogP contribution in [0.3, 0.4) is 0 Å². The second-order valence-electron chi connectivity index (χ2n) is 5.38. The summed E-state index contributed by atoms with van der Waals surface area (Å²) in [4.78, 5) is 11.3. The highest BCUT2D eigenvalue weighted by atomic mass is 16.5. The van der Waals surface area contributed by atoms with Gasteiger partial charge in [-0.2, -0.15) is 4.98 Å². The molecule has 0 spiro atoms. The first kappa shape index (κ1) is 15.0. The molecule has 2 rings (SSSR count). The number of anilines is 1. The first-order valence-electron chi connectivity index (χ1n) is 7.69. The number of aromatic nitrogens is 2. The molecule has 0 unspecified atom stereocenters. The molecule has 1 saturated carbocycles. The second kappa shape index (κ2) is 8.04. The van der Waals surface area contributed by atoms with Gasteiger partial charge in [-0.15, -0.1) is 0 Å². The van der Waals surface area contributed by atoms with Crippen LogP contribution in [-0.4, -0.2) is 36.2 Å². The van der Waals surface area contributed by atoms with E-state index in [1.807, 2.05) is 0 Å². The Morgan fingerprint density at radius 3 is 2.70 bits per heavy atom. The molecule has 20 heavy (non-hydrogen) atoms. The molecule has 0 bridgehead atoms. The molecule has 1 aliphatic rings. The molecule has 112 valence electrons. The average Bonchev–Trinajstić information content (AvgIpc) is 2.77. The molecule has 1 aliphatic carbocycles. The topological polar surface area (TPSA) is 64.3 Å². The number of hydrogen-bond donors (Lipinski definition) is 1. The van der Waals surface area contributed by atoms with E-state index < -0.39 is 0 Å². The third-order valence-electron chi connectivity index (χ3n) is 3.95. The molecule has 0 amide bonds. The van der Waals surface area contributed by atoms with Gasteiger partial charge in [0.25, 0.3) is 0 Å². The highest BCUT2D eigenvalue weighted by molar-refractivity contribution is 5.33. The van der Waals surface area contributed by atoms with Gasteiger partial charge in [-0.25, -0.2) is 4.98 Å². The van der Waals surface area contributed by atoms with Crippen molar-refractivity contribution in [3.05, 3.63) is 12.3 Å². The van der Waals surface area contributed by atoms with Crippen LogP contribution >= 0.6 is 0 Å². The molecular formula is C15H26N4O. The molecule has 0 atom stereocenters. The van der Waals surface area contributed by atoms with Gasteiger partial charge in [0.2, 0.25) is 11.8 Å². The summed E-state index contributed by atoms with van der Waals surface area (Å²) in [6, 6.07) is 2.33. The van der Waals surface area contributed by atoms with Gasteiger partial charge in [0.05, 0.1) is 7.11 Å². The van der Waals surface area contributed by atoms with E-state index in [2.05, 4.69) is 14.9 Å². The number of nitrogens with two attached hydrogens (primary N) is 1. The lowest BCUT2D eigenvalue weighted by Crippen LogP contribution is -2.38. The highest BCUT2D eigenvalue weighted by Crippen LogP contribution is 2.25. The molecule has 0 saturated heterocycles. The van der Waals surface area contributed by atoms with Crippen molar-refractivity contribution >= 4 is 5.95 Å². The SMILES string of the molecule is COc1ccnc(N(CCCN)C2CCCCCC2)n1. The number of nitrogens with zero attached hydrogens (tertiary/aromatic N) is 3. The normalized spacial score (nSPS) is 16.7. The van der Waals surface area contributed by atoms with Crippen LogP contribution < -0.4 is 15.4 Å². The van der Waals surface area contributed by atoms with Crippen molar-refractivity contribution in [3.63, 3.8) is 0 Å². The molecule has 1 heterocycles. The zero-order valence-electron chi connectivity index (χ0n) is 12.4. The molecular weight excluding hydrogens is 252 g/mol. The van der Waals surface area contributed by atoms with Crippen LogP contribution in [0.25, 0.3) is 0 Å². The molecule has 0 aromatic carbocycles. The van der Waals surface area contributed by atoms with E-state index >= 15 is 0 Å². The Balaban J connectivity index is 2.15. The lowest BCUT2D eigenvalue weighted by molar-refractivity contribution is 0.395. The third-order valence-corrected chi connectivity index (χ3v) is 3.95. The first-order chi connectivity index (χ1) is 9.85. The van der Waals surface area contributed by atoms with E-state index in [1.54, 1.807) is 19.4 Å². The fourth-order valence-electron chi connectivity index (χ4n) is 2.86. The van der Waals surface area contributed by atoms with E-state index in [1.165, 1.54) is 38.5 Å². The van der Waals surface area contributed by atoms with Gasteiger partial charge in [0.1, 0.15) is 0 Å². The summed E-state index contributed by atoms with van der Waals surface area (Å²) in [5.41, 5.74) is 5.68. The lowest BCUT2D eigenvalue weighted by Gasteiger charge is -2.31. The average molecular weight is 278 g/mol. The van der Waals surface area contributed by atoms with Crippen LogP contribution in [-0.2, 0) is 0 Å². The molecule has 1 fully saturated rings. The summed E-state index contributed by atoms with van der Waals surface area (Å²) in [6.45, 7) is 1.63. The van der Waals surface area contributed by atoms with E-state index in [0.29, 0.717) is 18.5 Å². The molecule has 0 radical (unpaired) electrons. The summed E-state index contributed by atoms with van der Waals surface area (Å²) >= 11 is 0. The van der Waals surface area contributed by atoms with E-state index in [-0.39, 0.29) is 0 Å². The Labute approximate surface area is 121 Å². The van der Waals surface area contributed by atoms with Crippen LogP contribution in [0.2, 0.25) is 0 Å². The molecule has 0 aliphatic heterocycles. The minimum absolute atomic E-state index is 0.538. The van der Waals surface area contributed by atoms with E-state index in [9.17, 15) is 0 Å². The first-order valence-corrected chi connectivity index (χ1v) is 7.69. The number of hydrogen-bond acceptors (Lipinski definition) is 5. The fourth-order valence-corrected chi connectivity index (χ4v) is 2.86. The van der Waals surface area contributed by atoms with Crippen molar-refractivity contribution in [1.29, 1.82) is 0 Å². The Morgan fingerprint density at radius 1 is 1.30 bits per heavy atom. The van der Waals surface area contributed by atoms with Crippen molar-refractivity contribution in [2.45, 2.75) is 51.0 Å². The van der Waals surface area contributed by atoms with Gasteiger partial charge in [-0.3, -0.25) is 0 Å². The maximum atomic E-state index is 5.68. The Morgan fingerprint density at radius 2 is 2.05 bits per heavy atom. The largest absolute Gasteiger partial charge is 0.481 e. The van der Waals surface area contributed by atoms with Crippen LogP contribution in [0, 0.1) is 0 Å². The highest BCUT2D eigenvalue weighted by Gasteiger charge is 2.22. The maximum Gasteiger partial charge on any atom is 0.228 e. The maximum absolute atomic E-state index is 5.68. The smallest absolute Gasteiger partial charge is 0.228 e. The van der Waals surface area contributed by atoms with Crippen LogP contribution in [0.4, 0.5) is 5.95 Å². The summed E-state index contributed by atoms with van der Waals surface area (Å²) < 4.78 is 5.22. The van der Waals surface area contributed by atoms with Gasteiger partial charge < -0.3 is 15.4 Å². The predicted molar refractivity (Wildman–Crippen MR) is 81.1 cm³/mol. The zero-order chi connectivity index (χ0) is 14.2. The lowest BCUT2D eigenvalue weighted by atomic mass is 10.1. The van der Waals surface area contributed by atoms with Gasteiger partial charge >= 0.3 is 0 Å². The molecule has 2 N–H and O–H groups in total. The molecule has 1 aromatic heterocycles. The molecule has 5 heteroatoms. The van der Waals surface area contributed by atoms with E-state index in [0.717, 1.165) is 18.9 Å². The quantitative estimate of drug-likeness (QED) is 0.809. The zero-order valence-corrected chi connectivity index (χ0v) is 12.4.